The van der Waals surface area contributed by atoms with Gasteiger partial charge in [-0.1, -0.05) is 91.0 Å². The van der Waals surface area contributed by atoms with E-state index in [1.807, 2.05) is 24.3 Å². The fourth-order valence-electron chi connectivity index (χ4n) is 6.05. The SMILES string of the molecule is COc1ccc(N(c2ccc(OC)cc2)c2ccc3c(-c4ccccc4)c4ccccc4c(-c4ccccc4)c3c2)cc1. The van der Waals surface area contributed by atoms with E-state index in [0.29, 0.717) is 0 Å². The smallest absolute Gasteiger partial charge is 0.119 e. The number of anilines is 3. The van der Waals surface area contributed by atoms with Gasteiger partial charge in [-0.05, 0) is 104 Å². The number of rotatable bonds is 7. The Balaban J connectivity index is 1.55. The van der Waals surface area contributed by atoms with Crippen molar-refractivity contribution >= 4 is 38.6 Å². The van der Waals surface area contributed by atoms with Crippen molar-refractivity contribution in [3.63, 3.8) is 0 Å². The molecule has 0 saturated carbocycles. The molecule has 0 aliphatic carbocycles. The first-order chi connectivity index (χ1) is 21.2. The standard InChI is InChI=1S/C40H31NO2/c1-42-33-22-17-30(18-23-33)41(31-19-24-34(43-2)25-20-31)32-21-26-37-38(27-32)40(29-13-7-4-8-14-29)36-16-10-9-15-35(36)39(37)28-11-5-3-6-12-28/h3-27H,1-2H3. The van der Waals surface area contributed by atoms with Gasteiger partial charge in [0.05, 0.1) is 14.2 Å². The Kier molecular flexibility index (Phi) is 6.98. The van der Waals surface area contributed by atoms with Crippen molar-refractivity contribution in [1.82, 2.24) is 0 Å². The largest absolute Gasteiger partial charge is 0.497 e. The molecule has 208 valence electrons. The van der Waals surface area contributed by atoms with Crippen LogP contribution in [0.25, 0.3) is 43.8 Å². The second-order valence-corrected chi connectivity index (χ2v) is 10.5. The van der Waals surface area contributed by atoms with Crippen molar-refractivity contribution in [3.05, 3.63) is 152 Å². The Morgan fingerprint density at radius 2 is 0.767 bits per heavy atom. The van der Waals surface area contributed by atoms with Crippen LogP contribution in [-0.2, 0) is 0 Å². The highest BCUT2D eigenvalue weighted by Gasteiger charge is 2.19. The van der Waals surface area contributed by atoms with E-state index in [9.17, 15) is 0 Å². The van der Waals surface area contributed by atoms with E-state index in [2.05, 4.69) is 132 Å². The summed E-state index contributed by atoms with van der Waals surface area (Å²) in [5, 5.41) is 4.90. The maximum absolute atomic E-state index is 5.47. The third kappa shape index (κ3) is 4.85. The molecule has 0 unspecified atom stereocenters. The van der Waals surface area contributed by atoms with Crippen molar-refractivity contribution in [3.8, 4) is 33.8 Å². The van der Waals surface area contributed by atoms with E-state index in [1.54, 1.807) is 14.2 Å². The van der Waals surface area contributed by atoms with Crippen LogP contribution in [0.3, 0.4) is 0 Å². The van der Waals surface area contributed by atoms with Crippen LogP contribution in [0.4, 0.5) is 17.1 Å². The maximum Gasteiger partial charge on any atom is 0.119 e. The predicted molar refractivity (Wildman–Crippen MR) is 180 cm³/mol. The summed E-state index contributed by atoms with van der Waals surface area (Å²) in [4.78, 5) is 2.28. The third-order valence-corrected chi connectivity index (χ3v) is 8.05. The fourth-order valence-corrected chi connectivity index (χ4v) is 6.05. The molecular formula is C40H31NO2. The first-order valence-electron chi connectivity index (χ1n) is 14.4. The van der Waals surface area contributed by atoms with Crippen LogP contribution in [0.15, 0.2) is 152 Å². The minimum Gasteiger partial charge on any atom is -0.497 e. The van der Waals surface area contributed by atoms with Gasteiger partial charge in [-0.3, -0.25) is 0 Å². The van der Waals surface area contributed by atoms with Gasteiger partial charge in [0, 0.05) is 17.1 Å². The molecular weight excluding hydrogens is 526 g/mol. The predicted octanol–water partition coefficient (Wildman–Crippen LogP) is 10.8. The van der Waals surface area contributed by atoms with Crippen LogP contribution in [0.5, 0.6) is 11.5 Å². The number of methoxy groups -OCH3 is 2. The van der Waals surface area contributed by atoms with E-state index in [1.165, 1.54) is 43.8 Å². The zero-order chi connectivity index (χ0) is 29.2. The van der Waals surface area contributed by atoms with Crippen LogP contribution in [0.1, 0.15) is 0 Å². The minimum absolute atomic E-state index is 0.822. The molecule has 0 saturated heterocycles. The van der Waals surface area contributed by atoms with Crippen LogP contribution < -0.4 is 14.4 Å². The summed E-state index contributed by atoms with van der Waals surface area (Å²) >= 11 is 0. The van der Waals surface area contributed by atoms with Crippen LogP contribution in [0.2, 0.25) is 0 Å². The maximum atomic E-state index is 5.47. The number of nitrogens with zero attached hydrogens (tertiary/aromatic N) is 1. The summed E-state index contributed by atoms with van der Waals surface area (Å²) in [6.07, 6.45) is 0. The summed E-state index contributed by atoms with van der Waals surface area (Å²) in [7, 11) is 3.39. The summed E-state index contributed by atoms with van der Waals surface area (Å²) in [6, 6.07) is 53.5. The van der Waals surface area contributed by atoms with Crippen LogP contribution in [-0.4, -0.2) is 14.2 Å². The zero-order valence-electron chi connectivity index (χ0n) is 24.2. The van der Waals surface area contributed by atoms with Crippen LogP contribution in [0, 0.1) is 0 Å². The number of fused-ring (bicyclic) bond motifs is 2. The van der Waals surface area contributed by atoms with Gasteiger partial charge in [-0.25, -0.2) is 0 Å². The molecule has 0 aromatic heterocycles. The molecule has 0 aliphatic rings. The van der Waals surface area contributed by atoms with Gasteiger partial charge in [0.25, 0.3) is 0 Å². The fraction of sp³-hybridized carbons (Fsp3) is 0.0500. The number of ether oxygens (including phenoxy) is 2. The molecule has 0 bridgehead atoms. The second-order valence-electron chi connectivity index (χ2n) is 10.5. The highest BCUT2D eigenvalue weighted by atomic mass is 16.5. The van der Waals surface area contributed by atoms with Crippen molar-refractivity contribution in [2.75, 3.05) is 19.1 Å². The molecule has 7 aromatic carbocycles. The third-order valence-electron chi connectivity index (χ3n) is 8.05. The number of hydrogen-bond acceptors (Lipinski definition) is 3. The van der Waals surface area contributed by atoms with Gasteiger partial charge >= 0.3 is 0 Å². The molecule has 7 aromatic rings. The molecule has 0 N–H and O–H groups in total. The van der Waals surface area contributed by atoms with E-state index in [-0.39, 0.29) is 0 Å². The lowest BCUT2D eigenvalue weighted by atomic mass is 9.85. The first-order valence-corrected chi connectivity index (χ1v) is 14.4. The molecule has 0 amide bonds. The quantitative estimate of drug-likeness (QED) is 0.182. The van der Waals surface area contributed by atoms with Gasteiger partial charge in [0.2, 0.25) is 0 Å². The second kappa shape index (κ2) is 11.4. The zero-order valence-corrected chi connectivity index (χ0v) is 24.2. The number of hydrogen-bond donors (Lipinski definition) is 0. The molecule has 0 heterocycles. The molecule has 0 fully saturated rings. The average Bonchev–Trinajstić information content (AvgIpc) is 3.08. The highest BCUT2D eigenvalue weighted by Crippen LogP contribution is 2.46. The molecule has 7 rings (SSSR count). The highest BCUT2D eigenvalue weighted by molar-refractivity contribution is 6.22. The van der Waals surface area contributed by atoms with Crippen molar-refractivity contribution in [1.29, 1.82) is 0 Å². The van der Waals surface area contributed by atoms with Crippen molar-refractivity contribution in [2.45, 2.75) is 0 Å². The Labute approximate surface area is 252 Å². The first kappa shape index (κ1) is 26.4. The average molecular weight is 558 g/mol. The summed E-state index contributed by atoms with van der Waals surface area (Å²) in [5.41, 5.74) is 8.02. The van der Waals surface area contributed by atoms with E-state index in [4.69, 9.17) is 9.47 Å². The Morgan fingerprint density at radius 3 is 1.23 bits per heavy atom. The van der Waals surface area contributed by atoms with E-state index in [0.717, 1.165) is 28.6 Å². The molecule has 43 heavy (non-hydrogen) atoms. The Bertz CT molecular complexity index is 1970. The normalized spacial score (nSPS) is 11.0. The Hall–Kier alpha value is -5.54. The topological polar surface area (TPSA) is 21.7 Å². The van der Waals surface area contributed by atoms with Crippen molar-refractivity contribution in [2.24, 2.45) is 0 Å². The lowest BCUT2D eigenvalue weighted by Gasteiger charge is -2.27. The monoisotopic (exact) mass is 557 g/mol. The van der Waals surface area contributed by atoms with Gasteiger partial charge in [0.1, 0.15) is 11.5 Å². The lowest BCUT2D eigenvalue weighted by molar-refractivity contribution is 0.415. The molecule has 3 nitrogen and oxygen atoms in total. The van der Waals surface area contributed by atoms with Gasteiger partial charge < -0.3 is 14.4 Å². The molecule has 0 spiro atoms. The van der Waals surface area contributed by atoms with Gasteiger partial charge in [-0.15, -0.1) is 0 Å². The van der Waals surface area contributed by atoms with Crippen LogP contribution >= 0.6 is 0 Å². The molecule has 0 aliphatic heterocycles. The lowest BCUT2D eigenvalue weighted by Crippen LogP contribution is -2.10. The molecule has 0 atom stereocenters. The van der Waals surface area contributed by atoms with Gasteiger partial charge in [0.15, 0.2) is 0 Å². The summed E-state index contributed by atoms with van der Waals surface area (Å²) in [6.45, 7) is 0. The molecule has 0 radical (unpaired) electrons. The number of benzene rings is 7. The van der Waals surface area contributed by atoms with E-state index < -0.39 is 0 Å². The minimum atomic E-state index is 0.822. The summed E-state index contributed by atoms with van der Waals surface area (Å²) < 4.78 is 10.9. The van der Waals surface area contributed by atoms with E-state index >= 15 is 0 Å². The molecule has 3 heteroatoms. The Morgan fingerprint density at radius 1 is 0.372 bits per heavy atom. The van der Waals surface area contributed by atoms with Gasteiger partial charge in [-0.2, -0.15) is 0 Å². The summed E-state index contributed by atoms with van der Waals surface area (Å²) in [5.74, 6) is 1.64. The van der Waals surface area contributed by atoms with Crippen molar-refractivity contribution < 1.29 is 9.47 Å².